The molecule has 3 aliphatic heterocycles. The quantitative estimate of drug-likeness (QED) is 0.575. The average Bonchev–Trinajstić information content (AvgIpc) is 3.19. The molecule has 2 aromatic rings. The largest absolute Gasteiger partial charge is 0.445 e. The van der Waals surface area contributed by atoms with E-state index < -0.39 is 11.8 Å². The zero-order chi connectivity index (χ0) is 25.9. The Morgan fingerprint density at radius 3 is 2.22 bits per heavy atom. The molecule has 1 spiro atoms. The van der Waals surface area contributed by atoms with Gasteiger partial charge in [-0.15, -0.1) is 0 Å². The Balaban J connectivity index is 1.32. The van der Waals surface area contributed by atoms with E-state index in [0.29, 0.717) is 19.7 Å². The molecule has 1 atom stereocenters. The molecule has 0 N–H and O–H groups in total. The van der Waals surface area contributed by atoms with Crippen LogP contribution < -0.4 is 0 Å². The van der Waals surface area contributed by atoms with Gasteiger partial charge in [-0.2, -0.15) is 0 Å². The van der Waals surface area contributed by atoms with Gasteiger partial charge in [0.2, 0.25) is 5.91 Å². The summed E-state index contributed by atoms with van der Waals surface area (Å²) in [6.45, 7) is 7.43. The number of benzene rings is 2. The van der Waals surface area contributed by atoms with Crippen molar-refractivity contribution in [2.24, 2.45) is 0 Å². The van der Waals surface area contributed by atoms with Crippen LogP contribution in [0.3, 0.4) is 0 Å². The Hall–Kier alpha value is -2.94. The standard InChI is InChI=1S/C29H38N4O4/c1-3-33-28(14-16-30(17-15-28)18-24-10-6-4-7-11-24)21-32-26(34)19-31(22-29(32,33)23-36-2)27(35)37-20-25-12-8-5-9-13-25/h4-13H,3,14-23H2,1-2H3. The van der Waals surface area contributed by atoms with Crippen LogP contribution in [0.1, 0.15) is 30.9 Å². The van der Waals surface area contributed by atoms with Crippen molar-refractivity contribution in [3.63, 3.8) is 0 Å². The van der Waals surface area contributed by atoms with Gasteiger partial charge in [0.05, 0.1) is 13.2 Å². The van der Waals surface area contributed by atoms with Crippen LogP contribution in [0.4, 0.5) is 4.79 Å². The van der Waals surface area contributed by atoms with E-state index in [-0.39, 0.29) is 24.6 Å². The summed E-state index contributed by atoms with van der Waals surface area (Å²) in [7, 11) is 1.67. The number of likely N-dealkylation sites (tertiary alicyclic amines) is 1. The fraction of sp³-hybridized carbons (Fsp3) is 0.517. The second-order valence-electron chi connectivity index (χ2n) is 10.5. The zero-order valence-corrected chi connectivity index (χ0v) is 22.0. The summed E-state index contributed by atoms with van der Waals surface area (Å²) in [4.78, 5) is 35.1. The fourth-order valence-corrected chi connectivity index (χ4v) is 6.61. The van der Waals surface area contributed by atoms with Gasteiger partial charge in [0.25, 0.3) is 0 Å². The van der Waals surface area contributed by atoms with Gasteiger partial charge in [0, 0.05) is 38.8 Å². The maximum absolute atomic E-state index is 13.5. The molecule has 3 heterocycles. The second-order valence-corrected chi connectivity index (χ2v) is 10.5. The number of nitrogens with zero attached hydrogens (tertiary/aromatic N) is 4. The summed E-state index contributed by atoms with van der Waals surface area (Å²) in [6.07, 6.45) is 1.49. The van der Waals surface area contributed by atoms with Crippen molar-refractivity contribution in [2.75, 3.05) is 53.0 Å². The lowest BCUT2D eigenvalue weighted by Crippen LogP contribution is -2.71. The number of carbonyl (C=O) groups is 2. The Bertz CT molecular complexity index is 1070. The van der Waals surface area contributed by atoms with Gasteiger partial charge in [0.1, 0.15) is 18.8 Å². The monoisotopic (exact) mass is 506 g/mol. The average molecular weight is 507 g/mol. The lowest BCUT2D eigenvalue weighted by Gasteiger charge is -2.52. The topological polar surface area (TPSA) is 65.6 Å². The van der Waals surface area contributed by atoms with Crippen LogP contribution in [-0.4, -0.2) is 95.8 Å². The number of fused-ring (bicyclic) bond motifs is 1. The molecule has 8 nitrogen and oxygen atoms in total. The van der Waals surface area contributed by atoms with Gasteiger partial charge in [-0.1, -0.05) is 67.6 Å². The van der Waals surface area contributed by atoms with Crippen LogP contribution in [0, 0.1) is 0 Å². The van der Waals surface area contributed by atoms with Crippen LogP contribution in [0.5, 0.6) is 0 Å². The van der Waals surface area contributed by atoms with Gasteiger partial charge in [0.15, 0.2) is 0 Å². The molecule has 0 aromatic heterocycles. The summed E-state index contributed by atoms with van der Waals surface area (Å²) in [5, 5.41) is 0. The highest BCUT2D eigenvalue weighted by Gasteiger charge is 2.63. The van der Waals surface area contributed by atoms with Gasteiger partial charge in [-0.25, -0.2) is 4.79 Å². The Labute approximate surface area is 219 Å². The van der Waals surface area contributed by atoms with E-state index in [0.717, 1.165) is 44.6 Å². The van der Waals surface area contributed by atoms with Crippen molar-refractivity contribution in [3.8, 4) is 0 Å². The number of piperidine rings is 1. The summed E-state index contributed by atoms with van der Waals surface area (Å²) in [5.74, 6) is -0.0398. The summed E-state index contributed by atoms with van der Waals surface area (Å²) in [6, 6.07) is 20.2. The van der Waals surface area contributed by atoms with Crippen molar-refractivity contribution in [1.82, 2.24) is 19.6 Å². The molecule has 2 amide bonds. The Morgan fingerprint density at radius 1 is 0.946 bits per heavy atom. The van der Waals surface area contributed by atoms with E-state index in [1.54, 1.807) is 12.0 Å². The Kier molecular flexibility index (Phi) is 7.51. The fourth-order valence-electron chi connectivity index (χ4n) is 6.61. The number of rotatable bonds is 7. The predicted octanol–water partition coefficient (Wildman–Crippen LogP) is 3.18. The third-order valence-corrected chi connectivity index (χ3v) is 8.29. The molecule has 3 saturated heterocycles. The molecule has 0 bridgehead atoms. The van der Waals surface area contributed by atoms with E-state index in [2.05, 4.69) is 47.1 Å². The van der Waals surface area contributed by atoms with Crippen molar-refractivity contribution in [1.29, 1.82) is 0 Å². The van der Waals surface area contributed by atoms with Crippen molar-refractivity contribution >= 4 is 12.0 Å². The van der Waals surface area contributed by atoms with E-state index in [4.69, 9.17) is 9.47 Å². The molecule has 198 valence electrons. The highest BCUT2D eigenvalue weighted by atomic mass is 16.6. The third kappa shape index (κ3) is 4.98. The van der Waals surface area contributed by atoms with Crippen molar-refractivity contribution in [3.05, 3.63) is 71.8 Å². The molecule has 5 rings (SSSR count). The number of piperazine rings is 1. The van der Waals surface area contributed by atoms with Gasteiger partial charge in [-0.3, -0.25) is 19.5 Å². The smallest absolute Gasteiger partial charge is 0.410 e. The predicted molar refractivity (Wildman–Crippen MR) is 141 cm³/mol. The molecule has 3 aliphatic rings. The number of carbonyl (C=O) groups excluding carboxylic acids is 2. The van der Waals surface area contributed by atoms with E-state index >= 15 is 0 Å². The first-order valence-electron chi connectivity index (χ1n) is 13.3. The zero-order valence-electron chi connectivity index (χ0n) is 22.0. The van der Waals surface area contributed by atoms with Crippen molar-refractivity contribution < 1.29 is 19.1 Å². The summed E-state index contributed by atoms with van der Waals surface area (Å²) < 4.78 is 11.3. The molecule has 8 heteroatoms. The van der Waals surface area contributed by atoms with Gasteiger partial charge < -0.3 is 14.4 Å². The normalized spacial score (nSPS) is 23.9. The minimum Gasteiger partial charge on any atom is -0.445 e. The first kappa shape index (κ1) is 25.7. The first-order chi connectivity index (χ1) is 18.0. The molecular formula is C29H38N4O4. The maximum Gasteiger partial charge on any atom is 0.410 e. The van der Waals surface area contributed by atoms with E-state index in [1.165, 1.54) is 5.56 Å². The van der Waals surface area contributed by atoms with Crippen LogP contribution in [-0.2, 0) is 27.4 Å². The molecule has 1 unspecified atom stereocenters. The number of amides is 2. The lowest BCUT2D eigenvalue weighted by atomic mass is 9.85. The van der Waals surface area contributed by atoms with Crippen LogP contribution in [0.2, 0.25) is 0 Å². The van der Waals surface area contributed by atoms with Gasteiger partial charge in [-0.05, 0) is 30.5 Å². The molecular weight excluding hydrogens is 468 g/mol. The van der Waals surface area contributed by atoms with Crippen LogP contribution >= 0.6 is 0 Å². The molecule has 3 fully saturated rings. The number of hydrogen-bond donors (Lipinski definition) is 0. The molecule has 0 saturated carbocycles. The Morgan fingerprint density at radius 2 is 1.59 bits per heavy atom. The number of likely N-dealkylation sites (N-methyl/N-ethyl adjacent to an activating group) is 1. The van der Waals surface area contributed by atoms with Crippen LogP contribution in [0.15, 0.2) is 60.7 Å². The number of hydrogen-bond acceptors (Lipinski definition) is 6. The summed E-state index contributed by atoms with van der Waals surface area (Å²) >= 11 is 0. The minimum absolute atomic E-state index is 0.0346. The minimum atomic E-state index is -0.688. The van der Waals surface area contributed by atoms with Gasteiger partial charge >= 0.3 is 6.09 Å². The highest BCUT2D eigenvalue weighted by molar-refractivity contribution is 5.85. The SMILES string of the molecule is CCN1C2(CCN(Cc3ccccc3)CC2)CN2C(=O)CN(C(=O)OCc3ccccc3)CC21COC. The van der Waals surface area contributed by atoms with Crippen molar-refractivity contribution in [2.45, 2.75) is 44.1 Å². The highest BCUT2D eigenvalue weighted by Crippen LogP contribution is 2.45. The molecule has 37 heavy (non-hydrogen) atoms. The summed E-state index contributed by atoms with van der Waals surface area (Å²) in [5.41, 5.74) is 1.43. The molecule has 0 radical (unpaired) electrons. The molecule has 0 aliphatic carbocycles. The van der Waals surface area contributed by atoms with E-state index in [1.807, 2.05) is 35.2 Å². The van der Waals surface area contributed by atoms with Crippen LogP contribution in [0.25, 0.3) is 0 Å². The maximum atomic E-state index is 13.5. The second kappa shape index (κ2) is 10.8. The van der Waals surface area contributed by atoms with E-state index in [9.17, 15) is 9.59 Å². The molecule has 2 aromatic carbocycles. The third-order valence-electron chi connectivity index (χ3n) is 8.29. The number of ether oxygens (including phenoxy) is 2. The first-order valence-corrected chi connectivity index (χ1v) is 13.3. The lowest BCUT2D eigenvalue weighted by molar-refractivity contribution is -0.157. The number of methoxy groups -OCH3 is 1.